The molecule has 756 valence electrons. The van der Waals surface area contributed by atoms with Crippen LogP contribution >= 0.6 is 102 Å². The number of guanidine groups is 18. The van der Waals surface area contributed by atoms with Crippen molar-refractivity contribution in [1.29, 1.82) is 21.6 Å². The van der Waals surface area contributed by atoms with Gasteiger partial charge in [0.2, 0.25) is 35.8 Å². The number of aryl methyl sites for hydroxylation is 9. The van der Waals surface area contributed by atoms with Gasteiger partial charge in [-0.1, -0.05) is 0 Å². The highest BCUT2D eigenvalue weighted by Crippen LogP contribution is 2.23. The first kappa shape index (κ1) is 122. The standard InChI is InChI=1S/4C10H17N5S.4C9H15N5S.C8H13N5S/c1-7-4-5-8(16-7)6-13-9(11)14-10(12)15(2)3;1-7-4-5-8(16-7)6-15(3)10(12)14-9(11)13-2;1-7-4-5-8(16-7)6-14(2)10(13)15(3)9(11)12;1-7-4-5-8(16-7)6-15(3)10(13-2)14-9(11)12;1-6-3-4-7(15-6)5-13-9(11)14-8(10)12-2;1-6-3-4-7(15-6)5-14(2)9(12)13-8(10)11;1-6-3-4-7(15-6)5-13-9(12)14(2)8(10)11;1-6-3-4-7(15-6)5-13-9(12-2)14-8(10)11;1-5-2-3-6(14-5)4-12-8(11)13-7(9)10/h2*4-5H,6H2,1-3H3,(H4,11,12,13,14);4-5,13H,6H2,1-3H3,(H3,11,12);4-5H,6H2,1-3H3,(H4,11,12,13,14);3-4H,5H2,1-2H3,(H5,10,11,12,13,14);3-4H,5H2,1-2H3,(H5,10,11,12,13);3-4H,5H2,1-2H3,(H3,10,11)(H2,12,13);3-4H,5H2,1-2H3,(H5,10,11,12,13,14);2-3H,4H2,1H3,(H6,9,10,11,12,13). The van der Waals surface area contributed by atoms with Gasteiger partial charge in [-0.3, -0.25) is 56.7 Å². The van der Waals surface area contributed by atoms with E-state index in [2.05, 4.69) is 196 Å². The van der Waals surface area contributed by atoms with Crippen LogP contribution in [0.5, 0.6) is 0 Å². The van der Waals surface area contributed by atoms with Gasteiger partial charge in [-0.05, 0) is 172 Å². The largest absolute Gasteiger partial charge is 0.370 e. The van der Waals surface area contributed by atoms with E-state index in [9.17, 15) is 0 Å². The van der Waals surface area contributed by atoms with E-state index in [1.54, 1.807) is 180 Å². The van der Waals surface area contributed by atoms with Gasteiger partial charge in [-0.25, -0.2) is 20.0 Å². The third kappa shape index (κ3) is 55.1. The molecule has 0 atom stereocenters. The Bertz CT molecular complexity index is 5650. The lowest BCUT2D eigenvalue weighted by molar-refractivity contribution is 0.444. The van der Waals surface area contributed by atoms with Gasteiger partial charge in [0, 0.05) is 172 Å². The van der Waals surface area contributed by atoms with Gasteiger partial charge < -0.3 is 133 Å². The summed E-state index contributed by atoms with van der Waals surface area (Å²) in [4.78, 5) is 88.4. The first-order chi connectivity index (χ1) is 64.7. The quantitative estimate of drug-likeness (QED) is 0.0354. The summed E-state index contributed by atoms with van der Waals surface area (Å²) >= 11 is 15.4. The van der Waals surface area contributed by atoms with E-state index in [1.807, 2.05) is 87.3 Å². The van der Waals surface area contributed by atoms with Gasteiger partial charge in [-0.2, -0.15) is 30.0 Å². The second-order valence-corrected chi connectivity index (χ2v) is 41.4. The Kier molecular flexibility index (Phi) is 58.0. The first-order valence-corrected chi connectivity index (χ1v) is 48.6. The van der Waals surface area contributed by atoms with Gasteiger partial charge in [0.15, 0.2) is 71.5 Å². The molecule has 42 N–H and O–H groups in total. The molecule has 0 amide bonds. The number of nitrogens with one attached hydrogen (secondary N) is 6. The van der Waals surface area contributed by atoms with Crippen LogP contribution in [0.1, 0.15) is 87.8 Å². The SMILES string of the molecule is CN=C(N)N=C(N)N(C)Cc1ccc(C)s1.CN=C(N)NC(N)=NCc1ccc(C)s1.CN=C(N=C(N)N)N(C)Cc1ccc(C)s1.CN=C(N=C(N)N)NCc1ccc(C)s1.Cc1ccc(CN(C)C(=N)N(C)C(=N)N)s1.Cc1ccc(CN(C)C(=N)N=C(N)N)s1.Cc1ccc(CN=C(N)N(C)C(=N)N)s1.Cc1ccc(CN=C(N)N=C(N)N(C)C)s1.Cc1ccc(CN=C(N)N=C(N)N)s1. The molecule has 45 nitrogen and oxygen atoms in total. The van der Waals surface area contributed by atoms with E-state index >= 15 is 0 Å². The average Bonchev–Trinajstić information content (AvgIpc) is 1.71. The molecule has 0 aliphatic rings. The molecule has 0 radical (unpaired) electrons. The van der Waals surface area contributed by atoms with Crippen LogP contribution in [0.3, 0.4) is 0 Å². The Balaban J connectivity index is 0.000000776. The van der Waals surface area contributed by atoms with Crippen LogP contribution in [0.15, 0.2) is 179 Å². The zero-order valence-electron chi connectivity index (χ0n) is 82.2. The minimum atomic E-state index is -0.126. The lowest BCUT2D eigenvalue weighted by Gasteiger charge is -2.26. The van der Waals surface area contributed by atoms with Crippen molar-refractivity contribution in [2.45, 2.75) is 121 Å². The van der Waals surface area contributed by atoms with E-state index in [4.69, 9.17) is 125 Å². The smallest absolute Gasteiger partial charge is 0.223 e. The Labute approximate surface area is 845 Å². The molecule has 9 rings (SSSR count). The van der Waals surface area contributed by atoms with Crippen molar-refractivity contribution in [1.82, 2.24) is 44.9 Å². The summed E-state index contributed by atoms with van der Waals surface area (Å²) in [5, 5.41) is 35.5. The number of nitrogens with zero attached hydrogens (tertiary/aromatic N) is 21. The van der Waals surface area contributed by atoms with Crippen molar-refractivity contribution >= 4 is 209 Å². The van der Waals surface area contributed by atoms with Crippen molar-refractivity contribution < 1.29 is 0 Å². The highest BCUT2D eigenvalue weighted by molar-refractivity contribution is 7.14. The van der Waals surface area contributed by atoms with E-state index in [0.717, 1.165) is 22.8 Å². The molecule has 0 saturated carbocycles. The second kappa shape index (κ2) is 65.6. The lowest BCUT2D eigenvalue weighted by atomic mass is 10.4. The predicted octanol–water partition coefficient (Wildman–Crippen LogP) is 5.84. The topological polar surface area (TPSA) is 784 Å². The fourth-order valence-electron chi connectivity index (χ4n) is 9.60. The number of thiophene rings is 9. The maximum absolute atomic E-state index is 7.82. The summed E-state index contributed by atoms with van der Waals surface area (Å²) in [6, 6.07) is 37.0. The number of aliphatic imine (C=N–C) groups is 14. The maximum atomic E-state index is 7.82. The van der Waals surface area contributed by atoms with Crippen molar-refractivity contribution in [3.8, 4) is 0 Å². The second-order valence-electron chi connectivity index (χ2n) is 29.0. The van der Waals surface area contributed by atoms with Gasteiger partial charge in [0.25, 0.3) is 0 Å². The van der Waals surface area contributed by atoms with Gasteiger partial charge in [0.1, 0.15) is 0 Å². The van der Waals surface area contributed by atoms with Crippen LogP contribution in [0, 0.1) is 84.0 Å². The van der Waals surface area contributed by atoms with E-state index < -0.39 is 0 Å². The molecule has 9 aromatic rings. The zero-order chi connectivity index (χ0) is 105. The summed E-state index contributed by atoms with van der Waals surface area (Å²) < 4.78 is 0. The summed E-state index contributed by atoms with van der Waals surface area (Å²) in [6.45, 7) is 24.2. The number of nitrogens with two attached hydrogens (primary N) is 18. The van der Waals surface area contributed by atoms with E-state index in [-0.39, 0.29) is 83.4 Å². The maximum Gasteiger partial charge on any atom is 0.223 e. The molecule has 0 aliphatic heterocycles. The summed E-state index contributed by atoms with van der Waals surface area (Å²) in [5.41, 5.74) is 96.9. The molecule has 0 unspecified atom stereocenters. The van der Waals surface area contributed by atoms with Crippen molar-refractivity contribution in [3.05, 3.63) is 197 Å². The molecule has 0 bridgehead atoms. The minimum Gasteiger partial charge on any atom is -0.370 e. The lowest BCUT2D eigenvalue weighted by Crippen LogP contribution is -2.45. The van der Waals surface area contributed by atoms with Crippen LogP contribution < -0.4 is 114 Å². The average molecular weight is 2070 g/mol. The van der Waals surface area contributed by atoms with Crippen LogP contribution in [0.4, 0.5) is 0 Å². The summed E-state index contributed by atoms with van der Waals surface area (Å²) in [5.74, 6) is 2.92. The van der Waals surface area contributed by atoms with Crippen molar-refractivity contribution in [3.63, 3.8) is 0 Å². The normalized spacial score (nSPS) is 11.5. The molecule has 9 aromatic heterocycles. The minimum absolute atomic E-state index is 0.00506. The fraction of sp³-hybridized carbons (Fsp3) is 0.357. The highest BCUT2D eigenvalue weighted by atomic mass is 32.1. The predicted molar refractivity (Wildman–Crippen MR) is 595 cm³/mol. The Hall–Kier alpha value is -14.0. The van der Waals surface area contributed by atoms with Crippen LogP contribution in [-0.4, -0.2) is 226 Å². The van der Waals surface area contributed by atoms with Gasteiger partial charge in [-0.15, -0.1) is 102 Å². The Morgan fingerprint density at radius 3 is 0.928 bits per heavy atom. The van der Waals surface area contributed by atoms with Crippen molar-refractivity contribution in [2.24, 2.45) is 173 Å². The third-order valence-corrected chi connectivity index (χ3v) is 25.5. The molecule has 0 spiro atoms. The van der Waals surface area contributed by atoms with Crippen LogP contribution in [0.2, 0.25) is 0 Å². The van der Waals surface area contributed by atoms with Crippen molar-refractivity contribution in [2.75, 3.05) is 84.6 Å². The molecule has 54 heteroatoms. The third-order valence-electron chi connectivity index (χ3n) is 16.6. The molecular formula is C84H141N45S9. The summed E-state index contributed by atoms with van der Waals surface area (Å²) in [7, 11) is 20.7. The van der Waals surface area contributed by atoms with Gasteiger partial charge in [0.05, 0.1) is 58.9 Å². The fourth-order valence-corrected chi connectivity index (χ4v) is 17.5. The monoisotopic (exact) mass is 2070 g/mol. The van der Waals surface area contributed by atoms with Crippen LogP contribution in [0.25, 0.3) is 0 Å². The molecule has 0 fully saturated rings. The van der Waals surface area contributed by atoms with E-state index in [1.165, 1.54) is 87.8 Å². The van der Waals surface area contributed by atoms with Gasteiger partial charge >= 0.3 is 0 Å². The Morgan fingerprint density at radius 2 is 0.609 bits per heavy atom. The summed E-state index contributed by atoms with van der Waals surface area (Å²) in [6.07, 6.45) is 0. The highest BCUT2D eigenvalue weighted by Gasteiger charge is 2.15. The zero-order valence-corrected chi connectivity index (χ0v) is 89.6. The number of hydrogen-bond donors (Lipinski definition) is 24. The molecular weight excluding hydrogens is 1930 g/mol. The molecule has 0 aliphatic carbocycles. The van der Waals surface area contributed by atoms with E-state index in [0.29, 0.717) is 69.7 Å². The Morgan fingerprint density at radius 1 is 0.290 bits per heavy atom. The number of rotatable bonds is 18. The molecule has 0 saturated heterocycles. The molecule has 138 heavy (non-hydrogen) atoms. The number of hydrogen-bond acceptors (Lipinski definition) is 21. The molecule has 0 aromatic carbocycles. The van der Waals surface area contributed by atoms with Crippen LogP contribution in [-0.2, 0) is 58.9 Å². The first-order valence-electron chi connectivity index (χ1n) is 41.2. The molecule has 9 heterocycles.